The number of hydrazine groups is 1. The van der Waals surface area contributed by atoms with Crippen molar-refractivity contribution in [1.82, 2.24) is 10.4 Å². The number of carbonyl (C=O) groups is 1. The molecule has 100 valence electrons. The van der Waals surface area contributed by atoms with Crippen LogP contribution in [0.2, 0.25) is 0 Å². The van der Waals surface area contributed by atoms with Gasteiger partial charge in [-0.3, -0.25) is 5.43 Å². The van der Waals surface area contributed by atoms with Gasteiger partial charge >= 0.3 is 6.09 Å². The Hall–Kier alpha value is -1.55. The van der Waals surface area contributed by atoms with E-state index in [1.165, 1.54) is 0 Å². The molecule has 0 atom stereocenters. The monoisotopic (exact) mass is 250 g/mol. The van der Waals surface area contributed by atoms with E-state index < -0.39 is 6.09 Å². The molecule has 1 amide bonds. The van der Waals surface area contributed by atoms with Gasteiger partial charge in [-0.25, -0.2) is 9.80 Å². The molecule has 0 spiro atoms. The molecule has 0 radical (unpaired) electrons. The smallest absolute Gasteiger partial charge is 0.421 e. The SMILES string of the molecule is CCOC(=O)NN(Cc1ccccc1)C(C)(C)C. The maximum absolute atomic E-state index is 11.5. The minimum atomic E-state index is -0.414. The molecular weight excluding hydrogens is 228 g/mol. The van der Waals surface area contributed by atoms with Crippen molar-refractivity contribution in [3.8, 4) is 0 Å². The topological polar surface area (TPSA) is 41.6 Å². The Bertz CT molecular complexity index is 371. The minimum absolute atomic E-state index is 0.178. The van der Waals surface area contributed by atoms with Crippen LogP contribution in [0.4, 0.5) is 4.79 Å². The number of carbonyl (C=O) groups excluding carboxylic acids is 1. The number of hydrogen-bond acceptors (Lipinski definition) is 3. The molecule has 0 saturated carbocycles. The van der Waals surface area contributed by atoms with Crippen LogP contribution in [0.5, 0.6) is 0 Å². The summed E-state index contributed by atoms with van der Waals surface area (Å²) in [7, 11) is 0. The van der Waals surface area contributed by atoms with E-state index in [0.717, 1.165) is 5.56 Å². The maximum Gasteiger partial charge on any atom is 0.421 e. The van der Waals surface area contributed by atoms with Crippen LogP contribution in [0.15, 0.2) is 30.3 Å². The standard InChI is InChI=1S/C14H22N2O2/c1-5-18-13(17)15-16(14(2,3)4)11-12-9-7-6-8-10-12/h6-10H,5,11H2,1-4H3,(H,15,17). The molecule has 4 heteroatoms. The average molecular weight is 250 g/mol. The molecule has 0 aromatic heterocycles. The molecule has 4 nitrogen and oxygen atoms in total. The Labute approximate surface area is 109 Å². The Morgan fingerprint density at radius 1 is 1.28 bits per heavy atom. The molecule has 0 fully saturated rings. The van der Waals surface area contributed by atoms with Crippen molar-refractivity contribution in [2.75, 3.05) is 6.61 Å². The Morgan fingerprint density at radius 3 is 2.39 bits per heavy atom. The van der Waals surface area contributed by atoms with Crippen LogP contribution in [0.1, 0.15) is 33.3 Å². The first-order valence-corrected chi connectivity index (χ1v) is 6.18. The van der Waals surface area contributed by atoms with E-state index in [9.17, 15) is 4.79 Å². The van der Waals surface area contributed by atoms with Gasteiger partial charge in [0.2, 0.25) is 0 Å². The van der Waals surface area contributed by atoms with Crippen molar-refractivity contribution in [1.29, 1.82) is 0 Å². The van der Waals surface area contributed by atoms with Gasteiger partial charge in [-0.05, 0) is 33.3 Å². The summed E-state index contributed by atoms with van der Waals surface area (Å²) in [5, 5.41) is 1.88. The van der Waals surface area contributed by atoms with Crippen LogP contribution in [-0.2, 0) is 11.3 Å². The van der Waals surface area contributed by atoms with Crippen LogP contribution in [0.3, 0.4) is 0 Å². The number of ether oxygens (including phenoxy) is 1. The van der Waals surface area contributed by atoms with E-state index in [1.807, 2.05) is 56.1 Å². The first kappa shape index (κ1) is 14.5. The highest BCUT2D eigenvalue weighted by molar-refractivity contribution is 5.66. The summed E-state index contributed by atoms with van der Waals surface area (Å²) in [6.07, 6.45) is -0.414. The second kappa shape index (κ2) is 6.40. The lowest BCUT2D eigenvalue weighted by atomic mass is 10.1. The molecule has 1 aromatic rings. The quantitative estimate of drug-likeness (QED) is 0.835. The molecule has 18 heavy (non-hydrogen) atoms. The van der Waals surface area contributed by atoms with E-state index in [4.69, 9.17) is 4.74 Å². The molecular formula is C14H22N2O2. The lowest BCUT2D eigenvalue weighted by molar-refractivity contribution is 0.0488. The molecule has 1 aromatic carbocycles. The number of hydrogen-bond donors (Lipinski definition) is 1. The first-order chi connectivity index (χ1) is 8.43. The number of amides is 1. The molecule has 0 aliphatic carbocycles. The van der Waals surface area contributed by atoms with E-state index in [1.54, 1.807) is 6.92 Å². The summed E-state index contributed by atoms with van der Waals surface area (Å²) in [5.74, 6) is 0. The average Bonchev–Trinajstić information content (AvgIpc) is 2.28. The predicted octanol–water partition coefficient (Wildman–Crippen LogP) is 2.95. The van der Waals surface area contributed by atoms with Gasteiger partial charge in [0, 0.05) is 12.1 Å². The summed E-state index contributed by atoms with van der Waals surface area (Å²) >= 11 is 0. The third-order valence-electron chi connectivity index (χ3n) is 2.49. The molecule has 1 rings (SSSR count). The van der Waals surface area contributed by atoms with E-state index in [0.29, 0.717) is 13.2 Å². The van der Waals surface area contributed by atoms with Crippen molar-refractivity contribution in [2.24, 2.45) is 0 Å². The fraction of sp³-hybridized carbons (Fsp3) is 0.500. The van der Waals surface area contributed by atoms with Gasteiger partial charge in [-0.2, -0.15) is 0 Å². The molecule has 0 unspecified atom stereocenters. The third kappa shape index (κ3) is 4.75. The second-order valence-corrected chi connectivity index (χ2v) is 5.07. The largest absolute Gasteiger partial charge is 0.449 e. The van der Waals surface area contributed by atoms with Crippen molar-refractivity contribution >= 4 is 6.09 Å². The Balaban J connectivity index is 2.71. The van der Waals surface area contributed by atoms with Crippen LogP contribution in [0, 0.1) is 0 Å². The highest BCUT2D eigenvalue weighted by atomic mass is 16.6. The van der Waals surface area contributed by atoms with Crippen LogP contribution < -0.4 is 5.43 Å². The van der Waals surface area contributed by atoms with Gasteiger partial charge in [0.25, 0.3) is 0 Å². The maximum atomic E-state index is 11.5. The number of nitrogens with one attached hydrogen (secondary N) is 1. The second-order valence-electron chi connectivity index (χ2n) is 5.07. The van der Waals surface area contributed by atoms with Crippen LogP contribution >= 0.6 is 0 Å². The van der Waals surface area contributed by atoms with Crippen molar-refractivity contribution in [3.63, 3.8) is 0 Å². The van der Waals surface area contributed by atoms with Crippen LogP contribution in [0.25, 0.3) is 0 Å². The van der Waals surface area contributed by atoms with Crippen molar-refractivity contribution in [2.45, 2.75) is 39.8 Å². The highest BCUT2D eigenvalue weighted by Crippen LogP contribution is 2.14. The normalized spacial score (nSPS) is 11.4. The zero-order chi connectivity index (χ0) is 13.6. The first-order valence-electron chi connectivity index (χ1n) is 6.18. The van der Waals surface area contributed by atoms with Gasteiger partial charge in [-0.15, -0.1) is 0 Å². The molecule has 0 aliphatic heterocycles. The molecule has 0 bridgehead atoms. The molecule has 0 heterocycles. The zero-order valence-corrected chi connectivity index (χ0v) is 11.6. The summed E-state index contributed by atoms with van der Waals surface area (Å²) < 4.78 is 4.91. The minimum Gasteiger partial charge on any atom is -0.449 e. The number of rotatable bonds is 4. The van der Waals surface area contributed by atoms with Gasteiger partial charge in [0.05, 0.1) is 6.61 Å². The molecule has 0 saturated heterocycles. The number of nitrogens with zero attached hydrogens (tertiary/aromatic N) is 1. The van der Waals surface area contributed by atoms with E-state index in [2.05, 4.69) is 5.43 Å². The highest BCUT2D eigenvalue weighted by Gasteiger charge is 2.23. The Morgan fingerprint density at radius 2 is 1.89 bits per heavy atom. The number of benzene rings is 1. The van der Waals surface area contributed by atoms with Gasteiger partial charge in [0.15, 0.2) is 0 Å². The lowest BCUT2D eigenvalue weighted by Gasteiger charge is -2.35. The van der Waals surface area contributed by atoms with Crippen LogP contribution in [-0.4, -0.2) is 23.2 Å². The van der Waals surface area contributed by atoms with E-state index >= 15 is 0 Å². The van der Waals surface area contributed by atoms with Crippen molar-refractivity contribution < 1.29 is 9.53 Å². The molecule has 1 N–H and O–H groups in total. The van der Waals surface area contributed by atoms with Crippen molar-refractivity contribution in [3.05, 3.63) is 35.9 Å². The summed E-state index contributed by atoms with van der Waals surface area (Å²) in [4.78, 5) is 11.5. The molecule has 0 aliphatic rings. The summed E-state index contributed by atoms with van der Waals surface area (Å²) in [6, 6.07) is 10.0. The van der Waals surface area contributed by atoms with Gasteiger partial charge in [0.1, 0.15) is 0 Å². The van der Waals surface area contributed by atoms with E-state index in [-0.39, 0.29) is 5.54 Å². The van der Waals surface area contributed by atoms with Gasteiger partial charge in [-0.1, -0.05) is 30.3 Å². The third-order valence-corrected chi connectivity index (χ3v) is 2.49. The zero-order valence-electron chi connectivity index (χ0n) is 11.6. The fourth-order valence-corrected chi connectivity index (χ4v) is 1.48. The van der Waals surface area contributed by atoms with Gasteiger partial charge < -0.3 is 4.74 Å². The predicted molar refractivity (Wildman–Crippen MR) is 71.9 cm³/mol. The summed E-state index contributed by atoms with van der Waals surface area (Å²) in [6.45, 7) is 8.93. The summed E-state index contributed by atoms with van der Waals surface area (Å²) in [5.41, 5.74) is 3.74. The Kier molecular flexibility index (Phi) is 5.16. The lowest BCUT2D eigenvalue weighted by Crippen LogP contribution is -2.52. The fourth-order valence-electron chi connectivity index (χ4n) is 1.48.